The van der Waals surface area contributed by atoms with Crippen LogP contribution >= 0.6 is 15.9 Å². The number of rotatable bonds is 3. The van der Waals surface area contributed by atoms with E-state index in [-0.39, 0.29) is 18.4 Å². The van der Waals surface area contributed by atoms with Crippen molar-refractivity contribution in [1.29, 1.82) is 0 Å². The van der Waals surface area contributed by atoms with Gasteiger partial charge in [0.15, 0.2) is 0 Å². The van der Waals surface area contributed by atoms with Crippen LogP contribution in [0, 0.1) is 6.92 Å². The van der Waals surface area contributed by atoms with E-state index in [9.17, 15) is 9.59 Å². The minimum atomic E-state index is -0.121. The predicted molar refractivity (Wildman–Crippen MR) is 91.8 cm³/mol. The average Bonchev–Trinajstić information content (AvgIpc) is 2.91. The Morgan fingerprint density at radius 1 is 1.13 bits per heavy atom. The molecule has 0 unspecified atom stereocenters. The van der Waals surface area contributed by atoms with E-state index in [1.807, 2.05) is 49.4 Å². The molecule has 4 nitrogen and oxygen atoms in total. The molecule has 0 bridgehead atoms. The summed E-state index contributed by atoms with van der Waals surface area (Å²) < 4.78 is 0.791. The van der Waals surface area contributed by atoms with Gasteiger partial charge in [0.2, 0.25) is 5.91 Å². The van der Waals surface area contributed by atoms with Gasteiger partial charge in [0.25, 0.3) is 5.91 Å². The molecular weight excluding hydrogens is 356 g/mol. The number of carbonyl (C=O) groups is 2. The van der Waals surface area contributed by atoms with Gasteiger partial charge in [-0.1, -0.05) is 42.5 Å². The molecule has 0 radical (unpaired) electrons. The van der Waals surface area contributed by atoms with E-state index in [1.54, 1.807) is 15.9 Å². The van der Waals surface area contributed by atoms with Crippen molar-refractivity contribution in [2.75, 3.05) is 13.2 Å². The van der Waals surface area contributed by atoms with Gasteiger partial charge in [-0.3, -0.25) is 9.59 Å². The molecule has 1 fully saturated rings. The van der Waals surface area contributed by atoms with Crippen molar-refractivity contribution in [2.45, 2.75) is 13.5 Å². The van der Waals surface area contributed by atoms with Crippen molar-refractivity contribution in [3.8, 4) is 0 Å². The molecule has 2 amide bonds. The molecule has 3 rings (SSSR count). The van der Waals surface area contributed by atoms with Crippen molar-refractivity contribution >= 4 is 27.7 Å². The number of hydrogen-bond donors (Lipinski definition) is 0. The fourth-order valence-corrected chi connectivity index (χ4v) is 3.09. The molecule has 0 spiro atoms. The van der Waals surface area contributed by atoms with Gasteiger partial charge in [-0.25, -0.2) is 0 Å². The minimum absolute atomic E-state index is 0.0222. The molecule has 5 heteroatoms. The van der Waals surface area contributed by atoms with Crippen molar-refractivity contribution in [3.05, 3.63) is 69.7 Å². The zero-order valence-corrected chi connectivity index (χ0v) is 14.4. The highest BCUT2D eigenvalue weighted by molar-refractivity contribution is 9.10. The second-order valence-corrected chi connectivity index (χ2v) is 6.45. The van der Waals surface area contributed by atoms with Crippen LogP contribution in [-0.2, 0) is 11.3 Å². The Labute approximate surface area is 143 Å². The zero-order chi connectivity index (χ0) is 16.4. The van der Waals surface area contributed by atoms with Crippen molar-refractivity contribution in [3.63, 3.8) is 0 Å². The maximum absolute atomic E-state index is 12.7. The van der Waals surface area contributed by atoms with Gasteiger partial charge >= 0.3 is 0 Å². The molecule has 2 aromatic carbocycles. The molecule has 0 aliphatic carbocycles. The summed E-state index contributed by atoms with van der Waals surface area (Å²) in [4.78, 5) is 28.2. The number of hydrogen-bond acceptors (Lipinski definition) is 2. The smallest absolute Gasteiger partial charge is 0.256 e. The SMILES string of the molecule is Cc1cccc(C(=O)N2CC(=O)N(Cc3ccccc3)C2)c1Br. The summed E-state index contributed by atoms with van der Waals surface area (Å²) in [5, 5.41) is 0. The third kappa shape index (κ3) is 3.29. The van der Waals surface area contributed by atoms with Crippen LogP contribution in [0.2, 0.25) is 0 Å². The molecule has 1 aliphatic heterocycles. The highest BCUT2D eigenvalue weighted by Gasteiger charge is 2.32. The quantitative estimate of drug-likeness (QED) is 0.829. The van der Waals surface area contributed by atoms with Gasteiger partial charge in [-0.15, -0.1) is 0 Å². The molecule has 2 aromatic rings. The molecule has 1 heterocycles. The summed E-state index contributed by atoms with van der Waals surface area (Å²) in [5.41, 5.74) is 2.66. The number of carbonyl (C=O) groups excluding carboxylic acids is 2. The van der Waals surface area contributed by atoms with Crippen LogP contribution in [-0.4, -0.2) is 34.8 Å². The Balaban J connectivity index is 1.74. The van der Waals surface area contributed by atoms with Gasteiger partial charge in [0, 0.05) is 11.0 Å². The Kier molecular flexibility index (Phi) is 4.48. The Morgan fingerprint density at radius 2 is 1.87 bits per heavy atom. The van der Waals surface area contributed by atoms with E-state index >= 15 is 0 Å². The summed E-state index contributed by atoms with van der Waals surface area (Å²) in [6, 6.07) is 15.4. The number of amides is 2. The average molecular weight is 373 g/mol. The molecule has 1 saturated heterocycles. The Hall–Kier alpha value is -2.14. The Morgan fingerprint density at radius 3 is 2.61 bits per heavy atom. The second-order valence-electron chi connectivity index (χ2n) is 5.66. The first kappa shape index (κ1) is 15.7. The van der Waals surface area contributed by atoms with E-state index in [1.165, 1.54) is 0 Å². The molecule has 0 atom stereocenters. The normalized spacial score (nSPS) is 14.4. The molecular formula is C18H17BrN2O2. The summed E-state index contributed by atoms with van der Waals surface area (Å²) in [5.74, 6) is -0.143. The van der Waals surface area contributed by atoms with Crippen LogP contribution in [0.15, 0.2) is 53.0 Å². The topological polar surface area (TPSA) is 40.6 Å². The van der Waals surface area contributed by atoms with Gasteiger partial charge < -0.3 is 9.80 Å². The Bertz CT molecular complexity index is 746. The van der Waals surface area contributed by atoms with E-state index in [2.05, 4.69) is 15.9 Å². The van der Waals surface area contributed by atoms with Crippen LogP contribution in [0.25, 0.3) is 0 Å². The van der Waals surface area contributed by atoms with Crippen molar-refractivity contribution in [1.82, 2.24) is 9.80 Å². The van der Waals surface area contributed by atoms with Gasteiger partial charge in [-0.05, 0) is 40.0 Å². The summed E-state index contributed by atoms with van der Waals surface area (Å²) in [6.45, 7) is 2.93. The van der Waals surface area contributed by atoms with E-state index < -0.39 is 0 Å². The van der Waals surface area contributed by atoms with Crippen LogP contribution in [0.5, 0.6) is 0 Å². The standard InChI is InChI=1S/C18H17BrN2O2/c1-13-6-5-9-15(17(13)19)18(23)21-11-16(22)20(12-21)10-14-7-3-2-4-8-14/h2-9H,10-12H2,1H3. The first-order chi connectivity index (χ1) is 11.1. The highest BCUT2D eigenvalue weighted by Crippen LogP contribution is 2.24. The van der Waals surface area contributed by atoms with E-state index in [0.717, 1.165) is 15.6 Å². The maximum Gasteiger partial charge on any atom is 0.256 e. The number of nitrogens with zero attached hydrogens (tertiary/aromatic N) is 2. The lowest BCUT2D eigenvalue weighted by Crippen LogP contribution is -2.31. The monoisotopic (exact) mass is 372 g/mol. The molecule has 0 saturated carbocycles. The first-order valence-corrected chi connectivity index (χ1v) is 8.21. The van der Waals surface area contributed by atoms with Gasteiger partial charge in [0.1, 0.15) is 6.54 Å². The van der Waals surface area contributed by atoms with Crippen LogP contribution < -0.4 is 0 Å². The summed E-state index contributed by atoms with van der Waals surface area (Å²) in [6.07, 6.45) is 0. The lowest BCUT2D eigenvalue weighted by Gasteiger charge is -2.19. The molecule has 0 N–H and O–H groups in total. The summed E-state index contributed by atoms with van der Waals surface area (Å²) in [7, 11) is 0. The molecule has 0 aromatic heterocycles. The fraction of sp³-hybridized carbons (Fsp3) is 0.222. The van der Waals surface area contributed by atoms with Crippen molar-refractivity contribution < 1.29 is 9.59 Å². The third-order valence-electron chi connectivity index (χ3n) is 3.95. The lowest BCUT2D eigenvalue weighted by atomic mass is 10.1. The first-order valence-electron chi connectivity index (χ1n) is 7.42. The number of halogens is 1. The second kappa shape index (κ2) is 6.54. The molecule has 1 aliphatic rings. The largest absolute Gasteiger partial charge is 0.319 e. The van der Waals surface area contributed by atoms with Crippen molar-refractivity contribution in [2.24, 2.45) is 0 Å². The number of aryl methyl sites for hydroxylation is 1. The molecule has 23 heavy (non-hydrogen) atoms. The van der Waals surface area contributed by atoms with Crippen LogP contribution in [0.3, 0.4) is 0 Å². The lowest BCUT2D eigenvalue weighted by molar-refractivity contribution is -0.127. The van der Waals surface area contributed by atoms with E-state index in [0.29, 0.717) is 18.8 Å². The van der Waals surface area contributed by atoms with E-state index in [4.69, 9.17) is 0 Å². The minimum Gasteiger partial charge on any atom is -0.319 e. The third-order valence-corrected chi connectivity index (χ3v) is 5.00. The summed E-state index contributed by atoms with van der Waals surface area (Å²) >= 11 is 3.47. The maximum atomic E-state index is 12.7. The predicted octanol–water partition coefficient (Wildman–Crippen LogP) is 3.20. The molecule has 118 valence electrons. The number of benzene rings is 2. The van der Waals surface area contributed by atoms with Gasteiger partial charge in [-0.2, -0.15) is 0 Å². The van der Waals surface area contributed by atoms with Gasteiger partial charge in [0.05, 0.1) is 12.2 Å². The fourth-order valence-electron chi connectivity index (χ4n) is 2.66. The van der Waals surface area contributed by atoms with Crippen LogP contribution in [0.4, 0.5) is 0 Å². The highest BCUT2D eigenvalue weighted by atomic mass is 79.9. The van der Waals surface area contributed by atoms with Crippen LogP contribution in [0.1, 0.15) is 21.5 Å². The zero-order valence-electron chi connectivity index (χ0n) is 12.8.